The normalized spacial score (nSPS) is 11.7. The van der Waals surface area contributed by atoms with E-state index in [4.69, 9.17) is 0 Å². The van der Waals surface area contributed by atoms with Crippen LogP contribution in [-0.2, 0) is 13.2 Å². The number of fused-ring (bicyclic) bond motifs is 1. The van der Waals surface area contributed by atoms with Crippen LogP contribution < -0.4 is 5.32 Å². The minimum atomic E-state index is -4.45. The summed E-state index contributed by atoms with van der Waals surface area (Å²) in [4.78, 5) is 12.4. The van der Waals surface area contributed by atoms with Crippen molar-refractivity contribution in [1.82, 2.24) is 4.57 Å². The van der Waals surface area contributed by atoms with Gasteiger partial charge in [0, 0.05) is 29.8 Å². The summed E-state index contributed by atoms with van der Waals surface area (Å²) in [6.07, 6.45) is -2.92. The third-order valence-corrected chi connectivity index (χ3v) is 3.59. The number of halogens is 3. The Morgan fingerprint density at radius 1 is 1.09 bits per heavy atom. The van der Waals surface area contributed by atoms with Crippen molar-refractivity contribution in [3.63, 3.8) is 0 Å². The highest BCUT2D eigenvalue weighted by molar-refractivity contribution is 6.13. The van der Waals surface area contributed by atoms with Crippen molar-refractivity contribution >= 4 is 22.5 Å². The number of rotatable bonds is 2. The zero-order valence-electron chi connectivity index (χ0n) is 12.2. The number of aromatic nitrogens is 1. The van der Waals surface area contributed by atoms with Crippen LogP contribution in [0.25, 0.3) is 10.9 Å². The van der Waals surface area contributed by atoms with E-state index in [9.17, 15) is 18.0 Å². The van der Waals surface area contributed by atoms with Crippen molar-refractivity contribution in [2.24, 2.45) is 7.05 Å². The molecule has 1 N–H and O–H groups in total. The van der Waals surface area contributed by atoms with E-state index in [2.05, 4.69) is 5.32 Å². The molecule has 6 heteroatoms. The largest absolute Gasteiger partial charge is 0.416 e. The van der Waals surface area contributed by atoms with E-state index < -0.39 is 17.6 Å². The maximum absolute atomic E-state index is 12.9. The van der Waals surface area contributed by atoms with Gasteiger partial charge in [0.1, 0.15) is 0 Å². The third-order valence-electron chi connectivity index (χ3n) is 3.59. The highest BCUT2D eigenvalue weighted by Crippen LogP contribution is 2.33. The number of nitrogens with zero attached hydrogens (tertiary/aromatic N) is 1. The highest BCUT2D eigenvalue weighted by Gasteiger charge is 2.31. The minimum absolute atomic E-state index is 0.206. The van der Waals surface area contributed by atoms with Crippen molar-refractivity contribution in [2.75, 3.05) is 5.32 Å². The summed E-state index contributed by atoms with van der Waals surface area (Å²) in [5, 5.41) is 2.96. The Labute approximate surface area is 130 Å². The fourth-order valence-electron chi connectivity index (χ4n) is 2.47. The van der Waals surface area contributed by atoms with Crippen molar-refractivity contribution < 1.29 is 18.0 Å². The summed E-state index contributed by atoms with van der Waals surface area (Å²) in [5.41, 5.74) is 0.583. The van der Waals surface area contributed by atoms with E-state index in [0.29, 0.717) is 11.2 Å². The van der Waals surface area contributed by atoms with E-state index in [0.717, 1.165) is 12.1 Å². The van der Waals surface area contributed by atoms with Crippen molar-refractivity contribution in [1.29, 1.82) is 0 Å². The fourth-order valence-corrected chi connectivity index (χ4v) is 2.47. The van der Waals surface area contributed by atoms with Gasteiger partial charge in [-0.15, -0.1) is 0 Å². The molecular weight excluding hydrogens is 305 g/mol. The van der Waals surface area contributed by atoms with Gasteiger partial charge in [-0.05, 0) is 30.3 Å². The van der Waals surface area contributed by atoms with Crippen LogP contribution in [0.3, 0.4) is 0 Å². The monoisotopic (exact) mass is 318 g/mol. The zero-order chi connectivity index (χ0) is 16.6. The molecule has 0 aliphatic heterocycles. The van der Waals surface area contributed by atoms with Gasteiger partial charge in [0.05, 0.1) is 11.1 Å². The SMILES string of the molecule is Cn1cc(C(=O)Nc2ccccc2)c2cc(C(F)(F)F)ccc21. The molecule has 0 radical (unpaired) electrons. The van der Waals surface area contributed by atoms with Gasteiger partial charge in [-0.2, -0.15) is 13.2 Å². The molecule has 0 bridgehead atoms. The van der Waals surface area contributed by atoms with Gasteiger partial charge in [-0.3, -0.25) is 4.79 Å². The van der Waals surface area contributed by atoms with Crippen LogP contribution in [0.2, 0.25) is 0 Å². The van der Waals surface area contributed by atoms with Gasteiger partial charge in [0.2, 0.25) is 0 Å². The first-order valence-corrected chi connectivity index (χ1v) is 6.89. The molecule has 2 aromatic carbocycles. The quantitative estimate of drug-likeness (QED) is 0.744. The summed E-state index contributed by atoms with van der Waals surface area (Å²) >= 11 is 0. The molecule has 0 spiro atoms. The molecule has 1 aromatic heterocycles. The van der Waals surface area contributed by atoms with Crippen molar-refractivity contribution in [3.8, 4) is 0 Å². The number of amides is 1. The van der Waals surface area contributed by atoms with E-state index in [-0.39, 0.29) is 10.9 Å². The van der Waals surface area contributed by atoms with Crippen LogP contribution in [0.1, 0.15) is 15.9 Å². The molecule has 118 valence electrons. The first kappa shape index (κ1) is 15.1. The average molecular weight is 318 g/mol. The van der Waals surface area contributed by atoms with Crippen LogP contribution in [0.15, 0.2) is 54.7 Å². The molecular formula is C17H13F3N2O. The number of anilines is 1. The zero-order valence-corrected chi connectivity index (χ0v) is 12.2. The standard InChI is InChI=1S/C17H13F3N2O/c1-22-10-14(16(23)21-12-5-3-2-4-6-12)13-9-11(17(18,19)20)7-8-15(13)22/h2-10H,1H3,(H,21,23). The van der Waals surface area contributed by atoms with Gasteiger partial charge in [-0.1, -0.05) is 18.2 Å². The number of benzene rings is 2. The number of hydrogen-bond acceptors (Lipinski definition) is 1. The Morgan fingerprint density at radius 2 is 1.78 bits per heavy atom. The molecule has 1 heterocycles. The minimum Gasteiger partial charge on any atom is -0.350 e. The predicted octanol–water partition coefficient (Wildman–Crippen LogP) is 4.45. The number of aryl methyl sites for hydroxylation is 1. The molecule has 3 nitrogen and oxygen atoms in total. The van der Waals surface area contributed by atoms with Gasteiger partial charge in [-0.25, -0.2) is 0 Å². The van der Waals surface area contributed by atoms with Gasteiger partial charge >= 0.3 is 6.18 Å². The second-order valence-electron chi connectivity index (χ2n) is 5.20. The molecule has 0 aliphatic rings. The fraction of sp³-hybridized carbons (Fsp3) is 0.118. The van der Waals surface area contributed by atoms with E-state index in [1.54, 1.807) is 35.9 Å². The Morgan fingerprint density at radius 3 is 2.43 bits per heavy atom. The van der Waals surface area contributed by atoms with Gasteiger partial charge < -0.3 is 9.88 Å². The second-order valence-corrected chi connectivity index (χ2v) is 5.20. The molecule has 0 atom stereocenters. The van der Waals surface area contributed by atoms with Crippen LogP contribution in [0.4, 0.5) is 18.9 Å². The van der Waals surface area contributed by atoms with Crippen LogP contribution in [0, 0.1) is 0 Å². The molecule has 0 saturated heterocycles. The number of hydrogen-bond donors (Lipinski definition) is 1. The topological polar surface area (TPSA) is 34.0 Å². The summed E-state index contributed by atoms with van der Waals surface area (Å²) in [6.45, 7) is 0. The molecule has 3 aromatic rings. The Balaban J connectivity index is 2.04. The number of carbonyl (C=O) groups excluding carboxylic acids is 1. The summed E-state index contributed by atoms with van der Waals surface area (Å²) in [6, 6.07) is 12.2. The first-order chi connectivity index (χ1) is 10.9. The summed E-state index contributed by atoms with van der Waals surface area (Å²) in [5.74, 6) is -0.443. The Bertz CT molecular complexity index is 867. The number of carbonyl (C=O) groups is 1. The summed E-state index contributed by atoms with van der Waals surface area (Å²) in [7, 11) is 1.69. The lowest BCUT2D eigenvalue weighted by atomic mass is 10.1. The Hall–Kier alpha value is -2.76. The maximum Gasteiger partial charge on any atom is 0.416 e. The predicted molar refractivity (Wildman–Crippen MR) is 82.3 cm³/mol. The van der Waals surface area contributed by atoms with Crippen molar-refractivity contribution in [2.45, 2.75) is 6.18 Å². The third kappa shape index (κ3) is 2.92. The lowest BCUT2D eigenvalue weighted by Crippen LogP contribution is -2.11. The molecule has 1 amide bonds. The second kappa shape index (κ2) is 5.46. The molecule has 0 unspecified atom stereocenters. The lowest BCUT2D eigenvalue weighted by molar-refractivity contribution is -0.137. The van der Waals surface area contributed by atoms with E-state index in [1.807, 2.05) is 6.07 Å². The van der Waals surface area contributed by atoms with Crippen molar-refractivity contribution in [3.05, 3.63) is 65.9 Å². The molecule has 0 saturated carbocycles. The van der Waals surface area contributed by atoms with Crippen LogP contribution in [0.5, 0.6) is 0 Å². The molecule has 0 fully saturated rings. The average Bonchev–Trinajstić information content (AvgIpc) is 2.84. The maximum atomic E-state index is 12.9. The van der Waals surface area contributed by atoms with E-state index in [1.165, 1.54) is 12.3 Å². The molecule has 23 heavy (non-hydrogen) atoms. The molecule has 3 rings (SSSR count). The Kier molecular flexibility index (Phi) is 3.60. The number of alkyl halides is 3. The molecule has 0 aliphatic carbocycles. The van der Waals surface area contributed by atoms with Gasteiger partial charge in [0.15, 0.2) is 0 Å². The summed E-state index contributed by atoms with van der Waals surface area (Å²) < 4.78 is 40.3. The number of nitrogens with one attached hydrogen (secondary N) is 1. The smallest absolute Gasteiger partial charge is 0.350 e. The first-order valence-electron chi connectivity index (χ1n) is 6.89. The lowest BCUT2D eigenvalue weighted by Gasteiger charge is -2.08. The van der Waals surface area contributed by atoms with Gasteiger partial charge in [0.25, 0.3) is 5.91 Å². The van der Waals surface area contributed by atoms with Crippen LogP contribution in [-0.4, -0.2) is 10.5 Å². The highest BCUT2D eigenvalue weighted by atomic mass is 19.4. The number of para-hydroxylation sites is 1. The van der Waals surface area contributed by atoms with E-state index >= 15 is 0 Å². The van der Waals surface area contributed by atoms with Crippen LogP contribution >= 0.6 is 0 Å².